The van der Waals surface area contributed by atoms with Crippen molar-refractivity contribution in [2.24, 2.45) is 5.92 Å². The normalized spacial score (nSPS) is 23.4. The molecule has 0 aliphatic heterocycles. The van der Waals surface area contributed by atoms with Crippen molar-refractivity contribution in [1.82, 2.24) is 0 Å². The van der Waals surface area contributed by atoms with Crippen LogP contribution in [-0.2, 0) is 0 Å². The Labute approximate surface area is 118 Å². The van der Waals surface area contributed by atoms with Gasteiger partial charge in [-0.3, -0.25) is 0 Å². The SMILES string of the molecule is CCC1CCC(Nc2cccc(Br)c2C#N)CC1. The topological polar surface area (TPSA) is 35.8 Å². The minimum Gasteiger partial charge on any atom is -0.381 e. The summed E-state index contributed by atoms with van der Waals surface area (Å²) >= 11 is 3.43. The lowest BCUT2D eigenvalue weighted by Gasteiger charge is -2.29. The molecule has 0 atom stereocenters. The Balaban J connectivity index is 2.03. The van der Waals surface area contributed by atoms with Gasteiger partial charge in [0.05, 0.1) is 11.3 Å². The summed E-state index contributed by atoms with van der Waals surface area (Å²) < 4.78 is 0.872. The fraction of sp³-hybridized carbons (Fsp3) is 0.533. The van der Waals surface area contributed by atoms with Gasteiger partial charge in [0.2, 0.25) is 0 Å². The number of nitrogens with one attached hydrogen (secondary N) is 1. The molecular weight excluding hydrogens is 288 g/mol. The van der Waals surface area contributed by atoms with Crippen LogP contribution < -0.4 is 5.32 Å². The maximum Gasteiger partial charge on any atom is 0.103 e. The number of nitriles is 1. The predicted molar refractivity (Wildman–Crippen MR) is 78.5 cm³/mol. The molecule has 2 rings (SSSR count). The van der Waals surface area contributed by atoms with E-state index in [2.05, 4.69) is 34.2 Å². The molecule has 2 nitrogen and oxygen atoms in total. The molecule has 1 aliphatic rings. The molecule has 1 aromatic rings. The van der Waals surface area contributed by atoms with Gasteiger partial charge in [-0.15, -0.1) is 0 Å². The number of nitrogens with zero attached hydrogens (tertiary/aromatic N) is 1. The average Bonchev–Trinajstić information content (AvgIpc) is 2.40. The average molecular weight is 307 g/mol. The van der Waals surface area contributed by atoms with Crippen LogP contribution in [0.2, 0.25) is 0 Å². The summed E-state index contributed by atoms with van der Waals surface area (Å²) in [7, 11) is 0. The standard InChI is InChI=1S/C15H19BrN2/c1-2-11-6-8-12(9-7-11)18-15-5-3-4-14(16)13(15)10-17/h3-5,11-12,18H,2,6-9H2,1H3. The first-order valence-corrected chi connectivity index (χ1v) is 7.49. The molecule has 1 saturated carbocycles. The maximum atomic E-state index is 9.19. The molecule has 0 amide bonds. The zero-order chi connectivity index (χ0) is 13.0. The van der Waals surface area contributed by atoms with Crippen LogP contribution in [0.4, 0.5) is 5.69 Å². The molecule has 0 heterocycles. The van der Waals surface area contributed by atoms with Gasteiger partial charge in [-0.2, -0.15) is 5.26 Å². The molecule has 0 saturated heterocycles. The molecule has 0 spiro atoms. The smallest absolute Gasteiger partial charge is 0.103 e. The minimum absolute atomic E-state index is 0.522. The molecule has 18 heavy (non-hydrogen) atoms. The third-order valence-electron chi connectivity index (χ3n) is 3.91. The zero-order valence-corrected chi connectivity index (χ0v) is 12.3. The summed E-state index contributed by atoms with van der Waals surface area (Å²) in [5.41, 5.74) is 1.68. The second-order valence-electron chi connectivity index (χ2n) is 5.04. The molecule has 1 N–H and O–H groups in total. The van der Waals surface area contributed by atoms with E-state index >= 15 is 0 Å². The van der Waals surface area contributed by atoms with Gasteiger partial charge in [0.15, 0.2) is 0 Å². The van der Waals surface area contributed by atoms with Gasteiger partial charge in [0, 0.05) is 10.5 Å². The van der Waals surface area contributed by atoms with E-state index in [0.29, 0.717) is 6.04 Å². The lowest BCUT2D eigenvalue weighted by Crippen LogP contribution is -2.26. The van der Waals surface area contributed by atoms with Gasteiger partial charge in [-0.1, -0.05) is 19.4 Å². The first-order chi connectivity index (χ1) is 8.74. The van der Waals surface area contributed by atoms with E-state index in [9.17, 15) is 5.26 Å². The van der Waals surface area contributed by atoms with Crippen molar-refractivity contribution in [3.63, 3.8) is 0 Å². The van der Waals surface area contributed by atoms with Gasteiger partial charge in [-0.25, -0.2) is 0 Å². The molecule has 0 radical (unpaired) electrons. The number of halogens is 1. The third kappa shape index (κ3) is 3.05. The van der Waals surface area contributed by atoms with E-state index in [1.165, 1.54) is 32.1 Å². The Morgan fingerprint density at radius 2 is 2.06 bits per heavy atom. The maximum absolute atomic E-state index is 9.19. The van der Waals surface area contributed by atoms with E-state index in [1.807, 2.05) is 18.2 Å². The third-order valence-corrected chi connectivity index (χ3v) is 4.57. The minimum atomic E-state index is 0.522. The molecule has 96 valence electrons. The number of hydrogen-bond acceptors (Lipinski definition) is 2. The summed E-state index contributed by atoms with van der Waals surface area (Å²) in [6, 6.07) is 8.67. The highest BCUT2D eigenvalue weighted by atomic mass is 79.9. The van der Waals surface area contributed by atoms with Crippen molar-refractivity contribution >= 4 is 21.6 Å². The van der Waals surface area contributed by atoms with Crippen LogP contribution in [0.5, 0.6) is 0 Å². The van der Waals surface area contributed by atoms with E-state index < -0.39 is 0 Å². The largest absolute Gasteiger partial charge is 0.381 e. The van der Waals surface area contributed by atoms with Crippen LogP contribution in [0.25, 0.3) is 0 Å². The number of rotatable bonds is 3. The van der Waals surface area contributed by atoms with Crippen molar-refractivity contribution in [2.45, 2.75) is 45.1 Å². The highest BCUT2D eigenvalue weighted by molar-refractivity contribution is 9.10. The molecule has 3 heteroatoms. The molecule has 1 aliphatic carbocycles. The number of anilines is 1. The second kappa shape index (κ2) is 6.24. The van der Waals surface area contributed by atoms with Crippen molar-refractivity contribution < 1.29 is 0 Å². The van der Waals surface area contributed by atoms with Crippen molar-refractivity contribution in [3.05, 3.63) is 28.2 Å². The van der Waals surface area contributed by atoms with Gasteiger partial charge in [0.25, 0.3) is 0 Å². The molecule has 0 unspecified atom stereocenters. The fourth-order valence-electron chi connectivity index (χ4n) is 2.69. The lowest BCUT2D eigenvalue weighted by atomic mass is 9.84. The van der Waals surface area contributed by atoms with Crippen molar-refractivity contribution in [3.8, 4) is 6.07 Å². The fourth-order valence-corrected chi connectivity index (χ4v) is 3.15. The van der Waals surface area contributed by atoms with Crippen LogP contribution in [0.15, 0.2) is 22.7 Å². The van der Waals surface area contributed by atoms with Gasteiger partial charge in [-0.05, 0) is 59.7 Å². The Hall–Kier alpha value is -1.01. The molecule has 1 fully saturated rings. The summed E-state index contributed by atoms with van der Waals surface area (Å²) in [6.45, 7) is 2.28. The zero-order valence-electron chi connectivity index (χ0n) is 10.7. The molecule has 1 aromatic carbocycles. The highest BCUT2D eigenvalue weighted by Crippen LogP contribution is 2.30. The Morgan fingerprint density at radius 1 is 1.33 bits per heavy atom. The van der Waals surface area contributed by atoms with Crippen LogP contribution in [0.1, 0.15) is 44.6 Å². The monoisotopic (exact) mass is 306 g/mol. The highest BCUT2D eigenvalue weighted by Gasteiger charge is 2.20. The first kappa shape index (κ1) is 13.4. The van der Waals surface area contributed by atoms with E-state index in [4.69, 9.17) is 0 Å². The second-order valence-corrected chi connectivity index (χ2v) is 5.90. The van der Waals surface area contributed by atoms with Gasteiger partial charge >= 0.3 is 0 Å². The van der Waals surface area contributed by atoms with E-state index in [-0.39, 0.29) is 0 Å². The number of hydrogen-bond donors (Lipinski definition) is 1. The van der Waals surface area contributed by atoms with Crippen LogP contribution in [0.3, 0.4) is 0 Å². The van der Waals surface area contributed by atoms with Crippen LogP contribution >= 0.6 is 15.9 Å². The molecular formula is C15H19BrN2. The number of benzene rings is 1. The predicted octanol–water partition coefficient (Wildman–Crippen LogP) is 4.70. The molecule has 0 bridgehead atoms. The molecule has 0 aromatic heterocycles. The summed E-state index contributed by atoms with van der Waals surface area (Å²) in [6.07, 6.45) is 6.35. The Kier molecular flexibility index (Phi) is 4.66. The summed E-state index contributed by atoms with van der Waals surface area (Å²) in [5, 5.41) is 12.7. The van der Waals surface area contributed by atoms with Gasteiger partial charge in [0.1, 0.15) is 6.07 Å². The Morgan fingerprint density at radius 3 is 2.67 bits per heavy atom. The lowest BCUT2D eigenvalue weighted by molar-refractivity contribution is 0.330. The van der Waals surface area contributed by atoms with Gasteiger partial charge < -0.3 is 5.32 Å². The van der Waals surface area contributed by atoms with E-state index in [1.54, 1.807) is 0 Å². The summed E-state index contributed by atoms with van der Waals surface area (Å²) in [4.78, 5) is 0. The Bertz CT molecular complexity index is 442. The quantitative estimate of drug-likeness (QED) is 0.878. The van der Waals surface area contributed by atoms with Crippen molar-refractivity contribution in [2.75, 3.05) is 5.32 Å². The first-order valence-electron chi connectivity index (χ1n) is 6.69. The van der Waals surface area contributed by atoms with Crippen molar-refractivity contribution in [1.29, 1.82) is 5.26 Å². The van der Waals surface area contributed by atoms with E-state index in [0.717, 1.165) is 21.6 Å². The summed E-state index contributed by atoms with van der Waals surface area (Å²) in [5.74, 6) is 0.904. The van der Waals surface area contributed by atoms with Crippen LogP contribution in [-0.4, -0.2) is 6.04 Å². The van der Waals surface area contributed by atoms with Crippen LogP contribution in [0, 0.1) is 17.2 Å².